The summed E-state index contributed by atoms with van der Waals surface area (Å²) in [5.41, 5.74) is 1.89. The van der Waals surface area contributed by atoms with Crippen molar-refractivity contribution in [1.29, 1.82) is 0 Å². The maximum absolute atomic E-state index is 12.7. The number of hydrogen-bond donors (Lipinski definition) is 2. The van der Waals surface area contributed by atoms with E-state index >= 15 is 0 Å². The first-order valence-electron chi connectivity index (χ1n) is 9.51. The summed E-state index contributed by atoms with van der Waals surface area (Å²) in [6.07, 6.45) is 3.45. The van der Waals surface area contributed by atoms with Gasteiger partial charge in [-0.05, 0) is 31.9 Å². The van der Waals surface area contributed by atoms with Crippen molar-refractivity contribution in [3.63, 3.8) is 0 Å². The number of sulfonamides is 1. The average molecular weight is 422 g/mol. The van der Waals surface area contributed by atoms with Crippen LogP contribution in [0, 0.1) is 6.92 Å². The molecule has 2 heterocycles. The Kier molecular flexibility index (Phi) is 6.90. The summed E-state index contributed by atoms with van der Waals surface area (Å²) < 4.78 is 27.0. The van der Waals surface area contributed by atoms with Crippen molar-refractivity contribution in [2.75, 3.05) is 36.2 Å². The van der Waals surface area contributed by atoms with Crippen molar-refractivity contribution in [3.05, 3.63) is 45.9 Å². The van der Waals surface area contributed by atoms with Gasteiger partial charge in [0.15, 0.2) is 5.96 Å². The zero-order chi connectivity index (χ0) is 20.0. The molecule has 2 N–H and O–H groups in total. The second-order valence-electron chi connectivity index (χ2n) is 6.57. The summed E-state index contributed by atoms with van der Waals surface area (Å²) in [5.74, 6) is 0.622. The summed E-state index contributed by atoms with van der Waals surface area (Å²) in [4.78, 5) is 9.98. The maximum atomic E-state index is 12.7. The Morgan fingerprint density at radius 2 is 2.14 bits per heavy atom. The van der Waals surface area contributed by atoms with Gasteiger partial charge in [-0.1, -0.05) is 18.2 Å². The third-order valence-corrected chi connectivity index (χ3v) is 7.17. The molecule has 0 spiro atoms. The van der Waals surface area contributed by atoms with Crippen LogP contribution in [0.15, 0.2) is 35.5 Å². The second-order valence-corrected chi connectivity index (χ2v) is 9.90. The monoisotopic (exact) mass is 421 g/mol. The fraction of sp³-hybridized carbons (Fsp3) is 0.474. The topological polar surface area (TPSA) is 86.7 Å². The molecule has 0 saturated heterocycles. The van der Waals surface area contributed by atoms with E-state index in [1.54, 1.807) is 11.3 Å². The molecule has 1 aromatic carbocycles. The standard InChI is InChI=1S/C19H27N5O2S2/c1-3-20-19(21-10-8-18-23-14-15(2)27-18)22-11-13-28(25,26)24-12-9-16-6-4-5-7-17(16)24/h4-7,14H,3,8-13H2,1-2H3,(H2,20,21,22). The fourth-order valence-electron chi connectivity index (χ4n) is 3.13. The van der Waals surface area contributed by atoms with Gasteiger partial charge in [0, 0.05) is 37.1 Å². The van der Waals surface area contributed by atoms with Crippen molar-refractivity contribution < 1.29 is 8.42 Å². The SMILES string of the molecule is CCNC(=NCCS(=O)(=O)N1CCc2ccccc21)NCCc1ncc(C)s1. The molecule has 1 aliphatic heterocycles. The predicted octanol–water partition coefficient (Wildman–Crippen LogP) is 1.94. The molecule has 0 amide bonds. The number of aliphatic imine (C=N–C) groups is 1. The molecule has 9 heteroatoms. The molecule has 28 heavy (non-hydrogen) atoms. The highest BCUT2D eigenvalue weighted by atomic mass is 32.2. The molecule has 0 fully saturated rings. The van der Waals surface area contributed by atoms with Crippen LogP contribution in [0.2, 0.25) is 0 Å². The molecule has 1 aromatic heterocycles. The van der Waals surface area contributed by atoms with Gasteiger partial charge in [0.1, 0.15) is 0 Å². The fourth-order valence-corrected chi connectivity index (χ4v) is 5.30. The molecule has 3 rings (SSSR count). The van der Waals surface area contributed by atoms with E-state index in [0.717, 1.165) is 29.1 Å². The quantitative estimate of drug-likeness (QED) is 0.503. The third kappa shape index (κ3) is 5.23. The van der Waals surface area contributed by atoms with Crippen LogP contribution >= 0.6 is 11.3 Å². The van der Waals surface area contributed by atoms with E-state index in [4.69, 9.17) is 0 Å². The molecule has 2 aromatic rings. The minimum atomic E-state index is -3.38. The molecule has 0 radical (unpaired) electrons. The number of nitrogens with zero attached hydrogens (tertiary/aromatic N) is 3. The Bertz CT molecular complexity index is 924. The van der Waals surface area contributed by atoms with Gasteiger partial charge in [0.2, 0.25) is 10.0 Å². The van der Waals surface area contributed by atoms with Gasteiger partial charge in [-0.2, -0.15) is 0 Å². The number of rotatable bonds is 8. The highest BCUT2D eigenvalue weighted by molar-refractivity contribution is 7.92. The van der Waals surface area contributed by atoms with Gasteiger partial charge >= 0.3 is 0 Å². The minimum absolute atomic E-state index is 0.0103. The Labute approximate surface area is 171 Å². The highest BCUT2D eigenvalue weighted by Crippen LogP contribution is 2.29. The summed E-state index contributed by atoms with van der Waals surface area (Å²) in [7, 11) is -3.38. The van der Waals surface area contributed by atoms with E-state index < -0.39 is 10.0 Å². The lowest BCUT2D eigenvalue weighted by atomic mass is 10.2. The van der Waals surface area contributed by atoms with Gasteiger partial charge in [-0.3, -0.25) is 9.30 Å². The lowest BCUT2D eigenvalue weighted by Crippen LogP contribution is -2.39. The number of aryl methyl sites for hydroxylation is 1. The number of fused-ring (bicyclic) bond motifs is 1. The summed E-state index contributed by atoms with van der Waals surface area (Å²) in [6.45, 7) is 6.17. The highest BCUT2D eigenvalue weighted by Gasteiger charge is 2.28. The number of guanidine groups is 1. The number of hydrogen-bond acceptors (Lipinski definition) is 5. The van der Waals surface area contributed by atoms with Crippen molar-refractivity contribution in [2.45, 2.75) is 26.7 Å². The first-order valence-corrected chi connectivity index (χ1v) is 11.9. The lowest BCUT2D eigenvalue weighted by molar-refractivity contribution is 0.592. The maximum Gasteiger partial charge on any atom is 0.237 e. The number of anilines is 1. The van der Waals surface area contributed by atoms with E-state index in [0.29, 0.717) is 25.6 Å². The average Bonchev–Trinajstić information content (AvgIpc) is 3.28. The first kappa shape index (κ1) is 20.6. The summed E-state index contributed by atoms with van der Waals surface area (Å²) in [5, 5.41) is 7.49. The van der Waals surface area contributed by atoms with Crippen LogP contribution in [0.4, 0.5) is 5.69 Å². The molecule has 0 unspecified atom stereocenters. The van der Waals surface area contributed by atoms with Crippen LogP contribution in [-0.2, 0) is 22.9 Å². The number of para-hydroxylation sites is 1. The molecular formula is C19H27N5O2S2. The number of benzene rings is 1. The van der Waals surface area contributed by atoms with E-state index in [9.17, 15) is 8.42 Å². The van der Waals surface area contributed by atoms with Crippen molar-refractivity contribution in [3.8, 4) is 0 Å². The van der Waals surface area contributed by atoms with Crippen LogP contribution in [0.1, 0.15) is 22.4 Å². The molecule has 7 nitrogen and oxygen atoms in total. The van der Waals surface area contributed by atoms with E-state index in [1.165, 1.54) is 9.18 Å². The van der Waals surface area contributed by atoms with Gasteiger partial charge in [-0.25, -0.2) is 13.4 Å². The minimum Gasteiger partial charge on any atom is -0.357 e. The summed E-state index contributed by atoms with van der Waals surface area (Å²) >= 11 is 1.69. The first-order chi connectivity index (χ1) is 13.5. The molecule has 0 atom stereocenters. The van der Waals surface area contributed by atoms with Gasteiger partial charge in [-0.15, -0.1) is 11.3 Å². The van der Waals surface area contributed by atoms with Crippen molar-refractivity contribution in [2.24, 2.45) is 4.99 Å². The molecule has 0 bridgehead atoms. The largest absolute Gasteiger partial charge is 0.357 e. The molecule has 152 valence electrons. The van der Waals surface area contributed by atoms with Crippen LogP contribution < -0.4 is 14.9 Å². The van der Waals surface area contributed by atoms with Gasteiger partial charge in [0.05, 0.1) is 23.0 Å². The smallest absolute Gasteiger partial charge is 0.237 e. The second kappa shape index (κ2) is 9.38. The van der Waals surface area contributed by atoms with E-state index in [-0.39, 0.29) is 12.3 Å². The van der Waals surface area contributed by atoms with E-state index in [1.807, 2.05) is 44.3 Å². The Morgan fingerprint density at radius 1 is 1.32 bits per heavy atom. The number of thiazole rings is 1. The van der Waals surface area contributed by atoms with Crippen LogP contribution in [0.3, 0.4) is 0 Å². The van der Waals surface area contributed by atoms with Gasteiger partial charge in [0.25, 0.3) is 0 Å². The third-order valence-electron chi connectivity index (χ3n) is 4.44. The van der Waals surface area contributed by atoms with Crippen LogP contribution in [0.25, 0.3) is 0 Å². The molecule has 1 aliphatic rings. The normalized spacial score (nSPS) is 14.2. The van der Waals surface area contributed by atoms with E-state index in [2.05, 4.69) is 20.6 Å². The molecule has 0 aliphatic carbocycles. The summed E-state index contributed by atoms with van der Waals surface area (Å²) in [6, 6.07) is 7.68. The van der Waals surface area contributed by atoms with Crippen molar-refractivity contribution in [1.82, 2.24) is 15.6 Å². The van der Waals surface area contributed by atoms with Crippen LogP contribution in [0.5, 0.6) is 0 Å². The van der Waals surface area contributed by atoms with Gasteiger partial charge < -0.3 is 10.6 Å². The predicted molar refractivity (Wildman–Crippen MR) is 116 cm³/mol. The Hall–Kier alpha value is -2.13. The van der Waals surface area contributed by atoms with Crippen molar-refractivity contribution >= 4 is 33.0 Å². The van der Waals surface area contributed by atoms with Crippen LogP contribution in [-0.4, -0.2) is 51.3 Å². The number of aromatic nitrogens is 1. The lowest BCUT2D eigenvalue weighted by Gasteiger charge is -2.19. The Balaban J connectivity index is 1.54. The Morgan fingerprint density at radius 3 is 2.89 bits per heavy atom. The molecular weight excluding hydrogens is 394 g/mol. The molecule has 0 saturated carbocycles. The zero-order valence-corrected chi connectivity index (χ0v) is 17.9. The number of nitrogens with one attached hydrogen (secondary N) is 2. The zero-order valence-electron chi connectivity index (χ0n) is 16.3.